The van der Waals surface area contributed by atoms with Gasteiger partial charge in [0.2, 0.25) is 10.0 Å². The van der Waals surface area contributed by atoms with E-state index >= 15 is 0 Å². The van der Waals surface area contributed by atoms with Crippen molar-refractivity contribution in [2.45, 2.75) is 11.0 Å². The molecule has 1 aromatic carbocycles. The zero-order valence-corrected chi connectivity index (χ0v) is 11.5. The Morgan fingerprint density at radius 2 is 2.14 bits per heavy atom. The lowest BCUT2D eigenvalue weighted by Gasteiger charge is -2.11. The number of rotatable bonds is 7. The molecule has 10 nitrogen and oxygen atoms in total. The van der Waals surface area contributed by atoms with Crippen LogP contribution in [0.2, 0.25) is 0 Å². The summed E-state index contributed by atoms with van der Waals surface area (Å²) in [5, 5.41) is 28.2. The summed E-state index contributed by atoms with van der Waals surface area (Å²) < 4.78 is 30.6. The van der Waals surface area contributed by atoms with Gasteiger partial charge in [-0.2, -0.15) is 0 Å². The topological polar surface area (TPSA) is 156 Å². The molecule has 0 amide bonds. The van der Waals surface area contributed by atoms with Gasteiger partial charge in [-0.25, -0.2) is 17.9 Å². The number of aliphatic hydroxyl groups is 1. The maximum Gasteiger partial charge on any atom is 0.333 e. The number of hydrogen-bond donors (Lipinski definition) is 3. The number of nitrogens with zero attached hydrogens (tertiary/aromatic N) is 1. The van der Waals surface area contributed by atoms with Gasteiger partial charge in [-0.3, -0.25) is 10.1 Å². The van der Waals surface area contributed by atoms with Crippen molar-refractivity contribution < 1.29 is 33.1 Å². The van der Waals surface area contributed by atoms with Crippen LogP contribution in [-0.4, -0.2) is 49.3 Å². The number of ether oxygens (including phenoxy) is 1. The molecule has 0 saturated heterocycles. The van der Waals surface area contributed by atoms with E-state index in [9.17, 15) is 23.3 Å². The lowest BCUT2D eigenvalue weighted by Crippen LogP contribution is -2.36. The number of nitro groups is 1. The largest absolute Gasteiger partial charge is 0.495 e. The number of hydrogen-bond acceptors (Lipinski definition) is 7. The number of carboxylic acid groups (broad SMARTS) is 1. The minimum Gasteiger partial charge on any atom is -0.495 e. The molecule has 0 aliphatic heterocycles. The summed E-state index contributed by atoms with van der Waals surface area (Å²) in [6, 6.07) is 2.93. The molecule has 11 heteroatoms. The fourth-order valence-electron chi connectivity index (χ4n) is 1.34. The number of aliphatic carboxylic acids is 1. The van der Waals surface area contributed by atoms with Gasteiger partial charge < -0.3 is 14.9 Å². The van der Waals surface area contributed by atoms with E-state index in [4.69, 9.17) is 14.9 Å². The van der Waals surface area contributed by atoms with Crippen LogP contribution in [0.3, 0.4) is 0 Å². The maximum atomic E-state index is 12.0. The van der Waals surface area contributed by atoms with Crippen LogP contribution in [0.4, 0.5) is 5.69 Å². The number of methoxy groups -OCH3 is 1. The molecular formula is C10H12N2O8S. The molecule has 3 N–H and O–H groups in total. The highest BCUT2D eigenvalue weighted by molar-refractivity contribution is 7.89. The number of nitrogens with one attached hydrogen (secondary N) is 1. The fraction of sp³-hybridized carbons (Fsp3) is 0.300. The van der Waals surface area contributed by atoms with Crippen molar-refractivity contribution in [3.05, 3.63) is 28.3 Å². The summed E-state index contributed by atoms with van der Waals surface area (Å²) in [6.45, 7) is -0.788. The number of nitro benzene ring substituents is 1. The second-order valence-electron chi connectivity index (χ2n) is 3.80. The highest BCUT2D eigenvalue weighted by Gasteiger charge is 2.25. The molecule has 1 aromatic rings. The van der Waals surface area contributed by atoms with Crippen LogP contribution < -0.4 is 9.46 Å². The summed E-state index contributed by atoms with van der Waals surface area (Å²) >= 11 is 0. The number of carboxylic acids is 1. The van der Waals surface area contributed by atoms with Crippen LogP contribution in [0, 0.1) is 10.1 Å². The lowest BCUT2D eigenvalue weighted by atomic mass is 10.3. The van der Waals surface area contributed by atoms with Gasteiger partial charge in [-0.15, -0.1) is 0 Å². The Labute approximate surface area is 119 Å². The summed E-state index contributed by atoms with van der Waals surface area (Å²) in [5.74, 6) is -1.76. The van der Waals surface area contributed by atoms with Crippen molar-refractivity contribution in [2.24, 2.45) is 0 Å². The molecule has 116 valence electrons. The minimum atomic E-state index is -4.29. The average molecular weight is 320 g/mol. The van der Waals surface area contributed by atoms with Gasteiger partial charge >= 0.3 is 5.97 Å². The predicted octanol–water partition coefficient (Wildman–Crippen LogP) is -0.673. The van der Waals surface area contributed by atoms with Crippen molar-refractivity contribution in [3.8, 4) is 5.75 Å². The zero-order chi connectivity index (χ0) is 16.2. The normalized spacial score (nSPS) is 12.7. The van der Waals surface area contributed by atoms with Crippen LogP contribution in [0.15, 0.2) is 23.1 Å². The van der Waals surface area contributed by atoms with E-state index in [2.05, 4.69) is 0 Å². The van der Waals surface area contributed by atoms with Gasteiger partial charge in [0, 0.05) is 18.7 Å². The smallest absolute Gasteiger partial charge is 0.333 e. The first-order chi connectivity index (χ1) is 9.69. The Hall–Kier alpha value is -2.24. The van der Waals surface area contributed by atoms with E-state index in [1.165, 1.54) is 7.11 Å². The predicted molar refractivity (Wildman–Crippen MR) is 68.5 cm³/mol. The first-order valence-corrected chi connectivity index (χ1v) is 6.90. The monoisotopic (exact) mass is 320 g/mol. The van der Waals surface area contributed by atoms with E-state index in [-0.39, 0.29) is 5.75 Å². The Kier molecular flexibility index (Phi) is 5.18. The molecule has 1 atom stereocenters. The standard InChI is InChI=1S/C10H12N2O8S/c1-20-8-3-2-6(12(16)17)4-9(8)21(18,19)11-5-7(13)10(14)15/h2-4,7,11,13H,5H2,1H3,(H,14,15)/t7-/m0/s1. The number of sulfonamides is 1. The molecule has 0 bridgehead atoms. The minimum absolute atomic E-state index is 0.155. The van der Waals surface area contributed by atoms with Gasteiger partial charge in [-0.1, -0.05) is 0 Å². The van der Waals surface area contributed by atoms with E-state index in [1.54, 1.807) is 0 Å². The second kappa shape index (κ2) is 6.47. The molecule has 0 aliphatic rings. The molecule has 0 heterocycles. The Morgan fingerprint density at radius 3 is 2.62 bits per heavy atom. The van der Waals surface area contributed by atoms with E-state index in [0.29, 0.717) is 0 Å². The van der Waals surface area contributed by atoms with Crippen molar-refractivity contribution in [1.29, 1.82) is 0 Å². The molecular weight excluding hydrogens is 308 g/mol. The van der Waals surface area contributed by atoms with Crippen LogP contribution in [0.25, 0.3) is 0 Å². The summed E-state index contributed by atoms with van der Waals surface area (Å²) in [5.41, 5.74) is -0.477. The van der Waals surface area contributed by atoms with Gasteiger partial charge in [0.1, 0.15) is 10.6 Å². The molecule has 0 spiro atoms. The third kappa shape index (κ3) is 4.11. The van der Waals surface area contributed by atoms with Crippen molar-refractivity contribution in [2.75, 3.05) is 13.7 Å². The van der Waals surface area contributed by atoms with Crippen LogP contribution >= 0.6 is 0 Å². The van der Waals surface area contributed by atoms with Gasteiger partial charge in [0.25, 0.3) is 5.69 Å². The van der Waals surface area contributed by atoms with Crippen LogP contribution in [0.5, 0.6) is 5.75 Å². The number of benzene rings is 1. The average Bonchev–Trinajstić information content (AvgIpc) is 2.43. The highest BCUT2D eigenvalue weighted by Crippen LogP contribution is 2.27. The molecule has 1 rings (SSSR count). The molecule has 0 unspecified atom stereocenters. The van der Waals surface area contributed by atoms with Gasteiger partial charge in [0.15, 0.2) is 6.10 Å². The van der Waals surface area contributed by atoms with E-state index in [0.717, 1.165) is 18.2 Å². The number of carbonyl (C=O) groups is 1. The zero-order valence-electron chi connectivity index (χ0n) is 10.7. The Morgan fingerprint density at radius 1 is 1.52 bits per heavy atom. The molecule has 0 saturated carbocycles. The van der Waals surface area contributed by atoms with Gasteiger partial charge in [0.05, 0.1) is 12.0 Å². The van der Waals surface area contributed by atoms with E-state index in [1.807, 2.05) is 4.72 Å². The summed E-state index contributed by atoms with van der Waals surface area (Å²) in [4.78, 5) is 19.8. The van der Waals surface area contributed by atoms with Crippen LogP contribution in [0.1, 0.15) is 0 Å². The van der Waals surface area contributed by atoms with Crippen LogP contribution in [-0.2, 0) is 14.8 Å². The molecule has 21 heavy (non-hydrogen) atoms. The SMILES string of the molecule is COc1ccc([N+](=O)[O-])cc1S(=O)(=O)NC[C@H](O)C(=O)O. The number of non-ortho nitro benzene ring substituents is 1. The molecule has 0 fully saturated rings. The second-order valence-corrected chi connectivity index (χ2v) is 5.53. The van der Waals surface area contributed by atoms with Crippen molar-refractivity contribution in [3.63, 3.8) is 0 Å². The third-order valence-corrected chi connectivity index (χ3v) is 3.84. The summed E-state index contributed by atoms with van der Waals surface area (Å²) in [6.07, 6.45) is -1.94. The van der Waals surface area contributed by atoms with Gasteiger partial charge in [-0.05, 0) is 6.07 Å². The molecule has 0 aromatic heterocycles. The highest BCUT2D eigenvalue weighted by atomic mass is 32.2. The quantitative estimate of drug-likeness (QED) is 0.441. The maximum absolute atomic E-state index is 12.0. The van der Waals surface area contributed by atoms with E-state index < -0.39 is 44.1 Å². The third-order valence-electron chi connectivity index (χ3n) is 2.40. The Balaban J connectivity index is 3.14. The Bertz CT molecular complexity index is 657. The van der Waals surface area contributed by atoms with Crippen molar-refractivity contribution >= 4 is 21.7 Å². The lowest BCUT2D eigenvalue weighted by molar-refractivity contribution is -0.385. The molecule has 0 radical (unpaired) electrons. The number of aliphatic hydroxyl groups excluding tert-OH is 1. The first kappa shape index (κ1) is 16.8. The first-order valence-electron chi connectivity index (χ1n) is 5.42. The fourth-order valence-corrected chi connectivity index (χ4v) is 2.57. The summed E-state index contributed by atoms with van der Waals surface area (Å²) in [7, 11) is -3.12. The van der Waals surface area contributed by atoms with Crippen molar-refractivity contribution in [1.82, 2.24) is 4.72 Å². The molecule has 0 aliphatic carbocycles.